The average molecular weight is 299 g/mol. The quantitative estimate of drug-likeness (QED) is 0.817. The smallest absolute Gasteiger partial charge is 0.408 e. The fraction of sp³-hybridized carbons (Fsp3) is 0.875. The molecular formula is C16H29NO4. The summed E-state index contributed by atoms with van der Waals surface area (Å²) in [4.78, 5) is 23.6. The molecule has 0 heterocycles. The van der Waals surface area contributed by atoms with Gasteiger partial charge in [0.2, 0.25) is 0 Å². The summed E-state index contributed by atoms with van der Waals surface area (Å²) in [5.41, 5.74) is -1.66. The predicted octanol–water partition coefficient (Wildman–Crippen LogP) is 3.57. The second-order valence-corrected chi connectivity index (χ2v) is 8.15. The van der Waals surface area contributed by atoms with Crippen LogP contribution < -0.4 is 5.32 Å². The molecule has 1 aliphatic carbocycles. The molecule has 0 aliphatic heterocycles. The van der Waals surface area contributed by atoms with E-state index in [1.54, 1.807) is 20.8 Å². The Labute approximate surface area is 127 Å². The molecule has 0 unspecified atom stereocenters. The number of nitrogens with one attached hydrogen (secondary N) is 1. The molecule has 21 heavy (non-hydrogen) atoms. The normalized spacial score (nSPS) is 27.0. The minimum Gasteiger partial charge on any atom is -0.480 e. The molecule has 1 rings (SSSR count). The molecule has 5 heteroatoms. The largest absolute Gasteiger partial charge is 0.480 e. The van der Waals surface area contributed by atoms with E-state index >= 15 is 0 Å². The van der Waals surface area contributed by atoms with Crippen molar-refractivity contribution in [2.45, 2.75) is 78.4 Å². The number of hydrogen-bond acceptors (Lipinski definition) is 3. The van der Waals surface area contributed by atoms with Crippen LogP contribution >= 0.6 is 0 Å². The van der Waals surface area contributed by atoms with Crippen molar-refractivity contribution in [1.82, 2.24) is 5.32 Å². The summed E-state index contributed by atoms with van der Waals surface area (Å²) in [6, 6.07) is 0. The Hall–Kier alpha value is -1.26. The number of carboxylic acids is 1. The monoisotopic (exact) mass is 299 g/mol. The first-order valence-electron chi connectivity index (χ1n) is 7.60. The highest BCUT2D eigenvalue weighted by molar-refractivity contribution is 5.84. The van der Waals surface area contributed by atoms with Crippen LogP contribution in [-0.2, 0) is 9.53 Å². The summed E-state index contributed by atoms with van der Waals surface area (Å²) < 4.78 is 5.20. The van der Waals surface area contributed by atoms with Gasteiger partial charge in [0, 0.05) is 0 Å². The molecule has 0 spiro atoms. The first-order chi connectivity index (χ1) is 9.36. The van der Waals surface area contributed by atoms with Crippen molar-refractivity contribution >= 4 is 12.1 Å². The van der Waals surface area contributed by atoms with Crippen LogP contribution in [0.25, 0.3) is 0 Å². The zero-order chi connectivity index (χ0) is 16.5. The highest BCUT2D eigenvalue weighted by Crippen LogP contribution is 2.41. The number of alkyl carbamates (subject to hydrolysis) is 1. The number of hydrogen-bond donors (Lipinski definition) is 2. The highest BCUT2D eigenvalue weighted by Gasteiger charge is 2.45. The van der Waals surface area contributed by atoms with Gasteiger partial charge in [-0.1, -0.05) is 20.8 Å². The number of amides is 1. The maximum Gasteiger partial charge on any atom is 0.408 e. The van der Waals surface area contributed by atoms with Crippen LogP contribution in [-0.4, -0.2) is 28.3 Å². The molecule has 1 fully saturated rings. The van der Waals surface area contributed by atoms with E-state index in [-0.39, 0.29) is 5.41 Å². The van der Waals surface area contributed by atoms with Gasteiger partial charge in [-0.2, -0.15) is 0 Å². The predicted molar refractivity (Wildman–Crippen MR) is 81.1 cm³/mol. The van der Waals surface area contributed by atoms with Gasteiger partial charge in [0.25, 0.3) is 0 Å². The lowest BCUT2D eigenvalue weighted by atomic mass is 9.67. The summed E-state index contributed by atoms with van der Waals surface area (Å²) in [7, 11) is 0. The molecule has 1 aliphatic rings. The standard InChI is InChI=1S/C16H29NO4/c1-14(2,3)11-7-9-16(10-8-11,12(18)19)17-13(20)21-15(4,5)6/h11H,7-10H2,1-6H3,(H,17,20)(H,18,19). The molecule has 0 aromatic heterocycles. The first kappa shape index (κ1) is 17.8. The van der Waals surface area contributed by atoms with Gasteiger partial charge in [0.05, 0.1) is 0 Å². The van der Waals surface area contributed by atoms with Crippen molar-refractivity contribution in [3.05, 3.63) is 0 Å². The van der Waals surface area contributed by atoms with Crippen molar-refractivity contribution in [2.24, 2.45) is 11.3 Å². The van der Waals surface area contributed by atoms with Crippen molar-refractivity contribution in [3.63, 3.8) is 0 Å². The van der Waals surface area contributed by atoms with Gasteiger partial charge in [-0.3, -0.25) is 0 Å². The Morgan fingerprint density at radius 1 is 1.10 bits per heavy atom. The van der Waals surface area contributed by atoms with E-state index in [0.29, 0.717) is 18.8 Å². The van der Waals surface area contributed by atoms with Gasteiger partial charge in [0.1, 0.15) is 11.1 Å². The topological polar surface area (TPSA) is 75.6 Å². The van der Waals surface area contributed by atoms with E-state index in [9.17, 15) is 14.7 Å². The van der Waals surface area contributed by atoms with Crippen molar-refractivity contribution in [2.75, 3.05) is 0 Å². The van der Waals surface area contributed by atoms with E-state index in [1.807, 2.05) is 0 Å². The van der Waals surface area contributed by atoms with Gasteiger partial charge in [-0.15, -0.1) is 0 Å². The van der Waals surface area contributed by atoms with Crippen LogP contribution in [0.4, 0.5) is 4.79 Å². The maximum atomic E-state index is 11.9. The van der Waals surface area contributed by atoms with E-state index in [4.69, 9.17) is 4.74 Å². The Kier molecular flexibility index (Phi) is 4.96. The van der Waals surface area contributed by atoms with Gasteiger partial charge in [-0.05, 0) is 57.8 Å². The van der Waals surface area contributed by atoms with Crippen LogP contribution in [0.15, 0.2) is 0 Å². The first-order valence-corrected chi connectivity index (χ1v) is 7.60. The second kappa shape index (κ2) is 5.85. The van der Waals surface area contributed by atoms with Gasteiger partial charge >= 0.3 is 12.1 Å². The summed E-state index contributed by atoms with van der Waals surface area (Å²) in [5, 5.41) is 12.2. The molecule has 0 bridgehead atoms. The number of rotatable bonds is 2. The Morgan fingerprint density at radius 3 is 1.90 bits per heavy atom. The zero-order valence-corrected chi connectivity index (χ0v) is 14.1. The summed E-state index contributed by atoms with van der Waals surface area (Å²) in [6.07, 6.45) is 1.84. The molecule has 122 valence electrons. The van der Waals surface area contributed by atoms with Crippen molar-refractivity contribution in [3.8, 4) is 0 Å². The Balaban J connectivity index is 2.75. The van der Waals surface area contributed by atoms with Crippen LogP contribution in [0.2, 0.25) is 0 Å². The van der Waals surface area contributed by atoms with Crippen molar-refractivity contribution < 1.29 is 19.4 Å². The van der Waals surface area contributed by atoms with Crippen molar-refractivity contribution in [1.29, 1.82) is 0 Å². The fourth-order valence-electron chi connectivity index (χ4n) is 2.87. The number of carboxylic acid groups (broad SMARTS) is 1. The molecule has 0 saturated heterocycles. The van der Waals surface area contributed by atoms with Gasteiger partial charge < -0.3 is 15.2 Å². The summed E-state index contributed by atoms with van der Waals surface area (Å²) in [6.45, 7) is 11.8. The Bertz CT molecular complexity index is 395. The molecule has 0 aromatic rings. The highest BCUT2D eigenvalue weighted by atomic mass is 16.6. The minimum atomic E-state index is -1.19. The fourth-order valence-corrected chi connectivity index (χ4v) is 2.87. The molecule has 5 nitrogen and oxygen atoms in total. The number of ether oxygens (including phenoxy) is 1. The minimum absolute atomic E-state index is 0.163. The molecule has 2 N–H and O–H groups in total. The third kappa shape index (κ3) is 4.90. The van der Waals surface area contributed by atoms with Crippen LogP contribution in [0, 0.1) is 11.3 Å². The number of carbonyl (C=O) groups excluding carboxylic acids is 1. The molecule has 0 aromatic carbocycles. The summed E-state index contributed by atoms with van der Waals surface area (Å²) in [5.74, 6) is -0.494. The maximum absolute atomic E-state index is 11.9. The molecule has 1 amide bonds. The van der Waals surface area contributed by atoms with E-state index in [2.05, 4.69) is 26.1 Å². The lowest BCUT2D eigenvalue weighted by Crippen LogP contribution is -2.57. The lowest BCUT2D eigenvalue weighted by Gasteiger charge is -2.42. The Morgan fingerprint density at radius 2 is 1.57 bits per heavy atom. The van der Waals surface area contributed by atoms with Crippen LogP contribution in [0.3, 0.4) is 0 Å². The second-order valence-electron chi connectivity index (χ2n) is 8.15. The molecule has 0 radical (unpaired) electrons. The number of aliphatic carboxylic acids is 1. The zero-order valence-electron chi connectivity index (χ0n) is 14.1. The number of carbonyl (C=O) groups is 2. The average Bonchev–Trinajstić information content (AvgIpc) is 2.25. The SMILES string of the molecule is CC(C)(C)OC(=O)NC1(C(=O)O)CCC(C(C)(C)C)CC1. The van der Waals surface area contributed by atoms with E-state index < -0.39 is 23.2 Å². The molecule has 1 saturated carbocycles. The summed E-state index contributed by atoms with van der Waals surface area (Å²) >= 11 is 0. The molecular weight excluding hydrogens is 270 g/mol. The van der Waals surface area contributed by atoms with Crippen LogP contribution in [0.1, 0.15) is 67.2 Å². The lowest BCUT2D eigenvalue weighted by molar-refractivity contribution is -0.147. The van der Waals surface area contributed by atoms with Crippen LogP contribution in [0.5, 0.6) is 0 Å². The van der Waals surface area contributed by atoms with E-state index in [0.717, 1.165) is 12.8 Å². The molecule has 0 atom stereocenters. The third-order valence-electron chi connectivity index (χ3n) is 4.21. The van der Waals surface area contributed by atoms with Gasteiger partial charge in [-0.25, -0.2) is 9.59 Å². The van der Waals surface area contributed by atoms with E-state index in [1.165, 1.54) is 0 Å². The van der Waals surface area contributed by atoms with Gasteiger partial charge in [0.15, 0.2) is 0 Å². The third-order valence-corrected chi connectivity index (χ3v) is 4.21.